The van der Waals surface area contributed by atoms with Crippen LogP contribution in [-0.2, 0) is 13.0 Å². The molecule has 0 spiro atoms. The molecule has 0 amide bonds. The summed E-state index contributed by atoms with van der Waals surface area (Å²) in [7, 11) is 0. The van der Waals surface area contributed by atoms with Gasteiger partial charge in [-0.05, 0) is 25.5 Å². The van der Waals surface area contributed by atoms with Gasteiger partial charge in [0.15, 0.2) is 0 Å². The molecule has 6 nitrogen and oxygen atoms in total. The number of nitrogens with one attached hydrogen (secondary N) is 1. The van der Waals surface area contributed by atoms with Crippen LogP contribution in [0.1, 0.15) is 18.1 Å². The standard InChI is InChI=1S/C15H15FN6/c1-9-19-13-6-5-10(7-22(13)21-9)20-15-14-11(16)3-2-4-12(14)17-8-18-15/h2-4,8,10H,5-7H2,1H3,(H,17,18,20)/t10-/m1/s1. The minimum atomic E-state index is -0.311. The molecule has 1 aromatic carbocycles. The van der Waals surface area contributed by atoms with Crippen molar-refractivity contribution >= 4 is 16.7 Å². The van der Waals surface area contributed by atoms with Crippen LogP contribution < -0.4 is 5.32 Å². The molecule has 0 saturated carbocycles. The molecule has 2 aromatic heterocycles. The molecule has 3 heterocycles. The summed E-state index contributed by atoms with van der Waals surface area (Å²) < 4.78 is 16.0. The first-order valence-electron chi connectivity index (χ1n) is 7.27. The second-order valence-electron chi connectivity index (χ2n) is 5.49. The Hall–Kier alpha value is -2.57. The number of aryl methyl sites for hydroxylation is 2. The summed E-state index contributed by atoms with van der Waals surface area (Å²) in [5.41, 5.74) is 0.602. The molecule has 4 rings (SSSR count). The lowest BCUT2D eigenvalue weighted by Gasteiger charge is -2.24. The van der Waals surface area contributed by atoms with E-state index in [1.807, 2.05) is 11.6 Å². The SMILES string of the molecule is Cc1nc2n(n1)C[C@H](Nc1ncnc3cccc(F)c13)CC2. The maximum absolute atomic E-state index is 14.1. The van der Waals surface area contributed by atoms with Crippen LogP contribution in [0.25, 0.3) is 10.9 Å². The van der Waals surface area contributed by atoms with Gasteiger partial charge in [0.25, 0.3) is 0 Å². The van der Waals surface area contributed by atoms with E-state index in [0.717, 1.165) is 24.5 Å². The highest BCUT2D eigenvalue weighted by atomic mass is 19.1. The molecule has 3 aromatic rings. The molecule has 1 aliphatic heterocycles. The lowest BCUT2D eigenvalue weighted by molar-refractivity contribution is 0.440. The lowest BCUT2D eigenvalue weighted by atomic mass is 10.1. The number of aromatic nitrogens is 5. The van der Waals surface area contributed by atoms with Crippen molar-refractivity contribution < 1.29 is 4.39 Å². The summed E-state index contributed by atoms with van der Waals surface area (Å²) in [5.74, 6) is 2.02. The van der Waals surface area contributed by atoms with Crippen LogP contribution in [0.15, 0.2) is 24.5 Å². The number of hydrogen-bond donors (Lipinski definition) is 1. The first-order valence-corrected chi connectivity index (χ1v) is 7.27. The maximum atomic E-state index is 14.1. The van der Waals surface area contributed by atoms with E-state index in [9.17, 15) is 4.39 Å². The van der Waals surface area contributed by atoms with Gasteiger partial charge in [-0.15, -0.1) is 0 Å². The minimum Gasteiger partial charge on any atom is -0.365 e. The Morgan fingerprint density at radius 1 is 1.32 bits per heavy atom. The second-order valence-corrected chi connectivity index (χ2v) is 5.49. The molecule has 112 valence electrons. The van der Waals surface area contributed by atoms with Crippen LogP contribution in [-0.4, -0.2) is 30.8 Å². The summed E-state index contributed by atoms with van der Waals surface area (Å²) in [6.45, 7) is 2.59. The molecular weight excluding hydrogens is 283 g/mol. The Morgan fingerprint density at radius 2 is 2.23 bits per heavy atom. The van der Waals surface area contributed by atoms with Crippen LogP contribution in [0, 0.1) is 12.7 Å². The number of rotatable bonds is 2. The van der Waals surface area contributed by atoms with E-state index in [0.29, 0.717) is 23.3 Å². The highest BCUT2D eigenvalue weighted by Gasteiger charge is 2.22. The van der Waals surface area contributed by atoms with E-state index in [4.69, 9.17) is 0 Å². The second kappa shape index (κ2) is 5.01. The quantitative estimate of drug-likeness (QED) is 0.784. The minimum absolute atomic E-state index is 0.145. The fourth-order valence-electron chi connectivity index (χ4n) is 2.92. The first kappa shape index (κ1) is 13.1. The van der Waals surface area contributed by atoms with Crippen molar-refractivity contribution in [1.82, 2.24) is 24.7 Å². The van der Waals surface area contributed by atoms with Gasteiger partial charge in [-0.3, -0.25) is 0 Å². The van der Waals surface area contributed by atoms with E-state index in [-0.39, 0.29) is 11.9 Å². The van der Waals surface area contributed by atoms with Crippen LogP contribution in [0.5, 0.6) is 0 Å². The van der Waals surface area contributed by atoms with Crippen molar-refractivity contribution in [3.05, 3.63) is 42.0 Å². The fourth-order valence-corrected chi connectivity index (χ4v) is 2.92. The molecule has 7 heteroatoms. The smallest absolute Gasteiger partial charge is 0.147 e. The van der Waals surface area contributed by atoms with Crippen molar-refractivity contribution in [2.45, 2.75) is 32.4 Å². The van der Waals surface area contributed by atoms with Gasteiger partial charge in [-0.2, -0.15) is 5.10 Å². The third-order valence-corrected chi connectivity index (χ3v) is 3.92. The molecule has 0 fully saturated rings. The predicted molar refractivity (Wildman–Crippen MR) is 80.0 cm³/mol. The van der Waals surface area contributed by atoms with E-state index >= 15 is 0 Å². The zero-order valence-electron chi connectivity index (χ0n) is 12.1. The lowest BCUT2D eigenvalue weighted by Crippen LogP contribution is -2.32. The summed E-state index contributed by atoms with van der Waals surface area (Å²) in [6.07, 6.45) is 3.22. The average Bonchev–Trinajstić information content (AvgIpc) is 2.87. The van der Waals surface area contributed by atoms with E-state index < -0.39 is 0 Å². The van der Waals surface area contributed by atoms with Crippen molar-refractivity contribution in [1.29, 1.82) is 0 Å². The number of nitrogens with zero attached hydrogens (tertiary/aromatic N) is 5. The Balaban J connectivity index is 1.65. The van der Waals surface area contributed by atoms with Crippen LogP contribution >= 0.6 is 0 Å². The van der Waals surface area contributed by atoms with Crippen molar-refractivity contribution in [3.63, 3.8) is 0 Å². The zero-order valence-corrected chi connectivity index (χ0v) is 12.1. The molecule has 0 aliphatic carbocycles. The molecule has 1 atom stereocenters. The topological polar surface area (TPSA) is 68.5 Å². The van der Waals surface area contributed by atoms with Gasteiger partial charge in [-0.25, -0.2) is 24.0 Å². The molecule has 0 saturated heterocycles. The fraction of sp³-hybridized carbons (Fsp3) is 0.333. The third-order valence-electron chi connectivity index (χ3n) is 3.92. The highest BCUT2D eigenvalue weighted by Crippen LogP contribution is 2.24. The van der Waals surface area contributed by atoms with E-state index in [2.05, 4.69) is 25.4 Å². The molecule has 1 aliphatic rings. The van der Waals surface area contributed by atoms with Gasteiger partial charge >= 0.3 is 0 Å². The molecule has 0 unspecified atom stereocenters. The van der Waals surface area contributed by atoms with Crippen LogP contribution in [0.2, 0.25) is 0 Å². The predicted octanol–water partition coefficient (Wildman–Crippen LogP) is 2.10. The zero-order chi connectivity index (χ0) is 15.1. The number of fused-ring (bicyclic) bond motifs is 2. The Kier molecular flexibility index (Phi) is 2.99. The third kappa shape index (κ3) is 2.18. The van der Waals surface area contributed by atoms with Gasteiger partial charge < -0.3 is 5.32 Å². The number of benzene rings is 1. The largest absolute Gasteiger partial charge is 0.365 e. The summed E-state index contributed by atoms with van der Waals surface area (Å²) in [6, 6.07) is 5.01. The average molecular weight is 298 g/mol. The molecule has 1 N–H and O–H groups in total. The molecular formula is C15H15FN6. The van der Waals surface area contributed by atoms with Crippen molar-refractivity contribution in [3.8, 4) is 0 Å². The number of anilines is 1. The van der Waals surface area contributed by atoms with E-state index in [1.165, 1.54) is 12.4 Å². The van der Waals surface area contributed by atoms with Gasteiger partial charge in [0.1, 0.15) is 29.6 Å². The monoisotopic (exact) mass is 298 g/mol. The van der Waals surface area contributed by atoms with E-state index in [1.54, 1.807) is 12.1 Å². The van der Waals surface area contributed by atoms with Crippen molar-refractivity contribution in [2.24, 2.45) is 0 Å². The van der Waals surface area contributed by atoms with Crippen molar-refractivity contribution in [2.75, 3.05) is 5.32 Å². The summed E-state index contributed by atoms with van der Waals surface area (Å²) in [5, 5.41) is 8.15. The Bertz CT molecular complexity index is 838. The van der Waals surface area contributed by atoms with Crippen LogP contribution in [0.3, 0.4) is 0 Å². The maximum Gasteiger partial charge on any atom is 0.147 e. The number of hydrogen-bond acceptors (Lipinski definition) is 5. The van der Waals surface area contributed by atoms with Gasteiger partial charge in [0.05, 0.1) is 17.4 Å². The highest BCUT2D eigenvalue weighted by molar-refractivity contribution is 5.89. The Morgan fingerprint density at radius 3 is 3.14 bits per heavy atom. The number of halogens is 1. The van der Waals surface area contributed by atoms with Crippen LogP contribution in [0.4, 0.5) is 10.2 Å². The molecule has 0 bridgehead atoms. The first-order chi connectivity index (χ1) is 10.7. The summed E-state index contributed by atoms with van der Waals surface area (Å²) in [4.78, 5) is 12.7. The van der Waals surface area contributed by atoms with Gasteiger partial charge in [0, 0.05) is 12.5 Å². The molecule has 0 radical (unpaired) electrons. The van der Waals surface area contributed by atoms with Gasteiger partial charge in [-0.1, -0.05) is 6.07 Å². The Labute approximate surface area is 126 Å². The van der Waals surface area contributed by atoms with Gasteiger partial charge in [0.2, 0.25) is 0 Å². The normalized spacial score (nSPS) is 17.5. The molecule has 22 heavy (non-hydrogen) atoms. The summed E-state index contributed by atoms with van der Waals surface area (Å²) >= 11 is 0.